The van der Waals surface area contributed by atoms with E-state index in [2.05, 4.69) is 36.6 Å². The summed E-state index contributed by atoms with van der Waals surface area (Å²) in [5.41, 5.74) is 0.753. The predicted octanol–water partition coefficient (Wildman–Crippen LogP) is 3.52. The zero-order valence-corrected chi connectivity index (χ0v) is 13.7. The van der Waals surface area contributed by atoms with Gasteiger partial charge in [0.1, 0.15) is 6.04 Å². The molecule has 118 valence electrons. The van der Waals surface area contributed by atoms with E-state index >= 15 is 0 Å². The molecule has 1 aromatic carbocycles. The standard InChI is InChI=1S/C19H26N2O/c1-4-19(3,16-10-7-6-8-11-16)18(14-20)21-13-9-12-17(21)15-22-5-2/h4,6-8,10-11,17-18H,1,5,9,12-13,15H2,2-3H3/t17-,18?,19+/m0/s1. The van der Waals surface area contributed by atoms with Crippen LogP contribution >= 0.6 is 0 Å². The molecule has 22 heavy (non-hydrogen) atoms. The fraction of sp³-hybridized carbons (Fsp3) is 0.526. The Morgan fingerprint density at radius 3 is 2.82 bits per heavy atom. The molecular formula is C19H26N2O. The number of rotatable bonds is 7. The Hall–Kier alpha value is -1.63. The molecule has 0 saturated carbocycles. The topological polar surface area (TPSA) is 36.3 Å². The summed E-state index contributed by atoms with van der Waals surface area (Å²) in [5.74, 6) is 0. The van der Waals surface area contributed by atoms with Crippen molar-refractivity contribution in [1.29, 1.82) is 5.26 Å². The molecule has 0 aromatic heterocycles. The van der Waals surface area contributed by atoms with E-state index in [1.165, 1.54) is 0 Å². The van der Waals surface area contributed by atoms with Crippen LogP contribution in [0, 0.1) is 11.3 Å². The van der Waals surface area contributed by atoms with Gasteiger partial charge in [-0.2, -0.15) is 5.26 Å². The number of nitrogens with zero attached hydrogens (tertiary/aromatic N) is 2. The Bertz CT molecular complexity index is 522. The summed E-state index contributed by atoms with van der Waals surface area (Å²) >= 11 is 0. The minimum Gasteiger partial charge on any atom is -0.380 e. The summed E-state index contributed by atoms with van der Waals surface area (Å²) in [5, 5.41) is 9.88. The van der Waals surface area contributed by atoms with Crippen molar-refractivity contribution in [2.45, 2.75) is 44.2 Å². The van der Waals surface area contributed by atoms with E-state index in [1.54, 1.807) is 0 Å². The van der Waals surface area contributed by atoms with Crippen molar-refractivity contribution < 1.29 is 4.74 Å². The lowest BCUT2D eigenvalue weighted by Crippen LogP contribution is -2.50. The molecule has 2 rings (SSSR count). The summed E-state index contributed by atoms with van der Waals surface area (Å²) in [6, 6.07) is 12.9. The van der Waals surface area contributed by atoms with Crippen molar-refractivity contribution in [2.24, 2.45) is 0 Å². The average molecular weight is 298 g/mol. The van der Waals surface area contributed by atoms with E-state index < -0.39 is 0 Å². The molecule has 1 fully saturated rings. The highest BCUT2D eigenvalue weighted by Crippen LogP contribution is 2.35. The minimum absolute atomic E-state index is 0.222. The zero-order valence-electron chi connectivity index (χ0n) is 13.7. The van der Waals surface area contributed by atoms with Crippen LogP contribution in [0.1, 0.15) is 32.3 Å². The molecular weight excluding hydrogens is 272 g/mol. The number of hydrogen-bond donors (Lipinski definition) is 0. The molecule has 0 radical (unpaired) electrons. The van der Waals surface area contributed by atoms with Crippen LogP contribution in [0.15, 0.2) is 43.0 Å². The van der Waals surface area contributed by atoms with Crippen LogP contribution in [-0.2, 0) is 10.2 Å². The van der Waals surface area contributed by atoms with Crippen molar-refractivity contribution in [1.82, 2.24) is 4.90 Å². The number of nitriles is 1. The van der Waals surface area contributed by atoms with Gasteiger partial charge in [0.15, 0.2) is 0 Å². The smallest absolute Gasteiger partial charge is 0.111 e. The lowest BCUT2D eigenvalue weighted by atomic mass is 9.75. The van der Waals surface area contributed by atoms with Gasteiger partial charge in [-0.15, -0.1) is 6.58 Å². The van der Waals surface area contributed by atoms with Crippen molar-refractivity contribution in [3.8, 4) is 6.07 Å². The van der Waals surface area contributed by atoms with Crippen LogP contribution in [0.25, 0.3) is 0 Å². The highest BCUT2D eigenvalue weighted by molar-refractivity contribution is 5.35. The van der Waals surface area contributed by atoms with Crippen LogP contribution in [-0.4, -0.2) is 36.7 Å². The summed E-state index contributed by atoms with van der Waals surface area (Å²) in [7, 11) is 0. The second kappa shape index (κ2) is 7.58. The Balaban J connectivity index is 2.29. The molecule has 3 atom stereocenters. The van der Waals surface area contributed by atoms with E-state index in [0.29, 0.717) is 12.6 Å². The first-order valence-corrected chi connectivity index (χ1v) is 8.09. The van der Waals surface area contributed by atoms with Crippen molar-refractivity contribution in [3.05, 3.63) is 48.6 Å². The minimum atomic E-state index is -0.384. The summed E-state index contributed by atoms with van der Waals surface area (Å²) in [6.45, 7) is 10.5. The highest BCUT2D eigenvalue weighted by Gasteiger charge is 2.41. The molecule has 0 bridgehead atoms. The molecule has 1 saturated heterocycles. The van der Waals surface area contributed by atoms with Crippen LogP contribution < -0.4 is 0 Å². The van der Waals surface area contributed by atoms with Crippen molar-refractivity contribution in [2.75, 3.05) is 19.8 Å². The first kappa shape index (κ1) is 16.7. The first-order chi connectivity index (χ1) is 10.7. The Morgan fingerprint density at radius 1 is 1.50 bits per heavy atom. The number of likely N-dealkylation sites (tertiary alicyclic amines) is 1. The third kappa shape index (κ3) is 3.24. The second-order valence-electron chi connectivity index (χ2n) is 6.08. The van der Waals surface area contributed by atoms with Gasteiger partial charge in [0, 0.05) is 18.1 Å². The van der Waals surface area contributed by atoms with Crippen molar-refractivity contribution >= 4 is 0 Å². The molecule has 1 aliphatic rings. The van der Waals surface area contributed by atoms with Gasteiger partial charge in [-0.1, -0.05) is 36.4 Å². The van der Waals surface area contributed by atoms with Gasteiger partial charge >= 0.3 is 0 Å². The lowest BCUT2D eigenvalue weighted by molar-refractivity contribution is 0.0654. The number of ether oxygens (including phenoxy) is 1. The first-order valence-electron chi connectivity index (χ1n) is 8.09. The van der Waals surface area contributed by atoms with Crippen LogP contribution in [0.4, 0.5) is 0 Å². The molecule has 1 aromatic rings. The number of hydrogen-bond acceptors (Lipinski definition) is 3. The maximum Gasteiger partial charge on any atom is 0.111 e. The molecule has 0 N–H and O–H groups in total. The van der Waals surface area contributed by atoms with E-state index in [1.807, 2.05) is 31.2 Å². The van der Waals surface area contributed by atoms with E-state index in [4.69, 9.17) is 4.74 Å². The fourth-order valence-corrected chi connectivity index (χ4v) is 3.37. The summed E-state index contributed by atoms with van der Waals surface area (Å²) in [4.78, 5) is 2.31. The van der Waals surface area contributed by atoms with E-state index in [9.17, 15) is 5.26 Å². The Labute approximate surface area is 134 Å². The normalized spacial score (nSPS) is 22.7. The molecule has 1 heterocycles. The maximum atomic E-state index is 9.88. The zero-order chi connectivity index (χ0) is 16.0. The summed E-state index contributed by atoms with van der Waals surface area (Å²) < 4.78 is 5.62. The van der Waals surface area contributed by atoms with Gasteiger partial charge in [-0.3, -0.25) is 4.90 Å². The fourth-order valence-electron chi connectivity index (χ4n) is 3.37. The lowest BCUT2D eigenvalue weighted by Gasteiger charge is -2.39. The molecule has 0 aliphatic carbocycles. The third-order valence-electron chi connectivity index (χ3n) is 4.78. The predicted molar refractivity (Wildman–Crippen MR) is 89.6 cm³/mol. The van der Waals surface area contributed by atoms with Gasteiger partial charge in [0.2, 0.25) is 0 Å². The molecule has 3 nitrogen and oxygen atoms in total. The SMILES string of the molecule is C=C[C@](C)(c1ccccc1)C(C#N)N1CCC[C@H]1COCC. The van der Waals surface area contributed by atoms with Gasteiger partial charge < -0.3 is 4.74 Å². The van der Waals surface area contributed by atoms with E-state index in [0.717, 1.165) is 31.6 Å². The van der Waals surface area contributed by atoms with Crippen LogP contribution in [0.5, 0.6) is 0 Å². The molecule has 0 amide bonds. The monoisotopic (exact) mass is 298 g/mol. The molecule has 0 spiro atoms. The largest absolute Gasteiger partial charge is 0.380 e. The highest BCUT2D eigenvalue weighted by atomic mass is 16.5. The summed E-state index contributed by atoms with van der Waals surface area (Å²) in [6.07, 6.45) is 4.14. The van der Waals surface area contributed by atoms with Gasteiger partial charge in [-0.05, 0) is 38.8 Å². The Morgan fingerprint density at radius 2 is 2.23 bits per heavy atom. The Kier molecular flexibility index (Phi) is 5.76. The quantitative estimate of drug-likeness (QED) is 0.723. The average Bonchev–Trinajstić information content (AvgIpc) is 3.02. The second-order valence-corrected chi connectivity index (χ2v) is 6.08. The van der Waals surface area contributed by atoms with Crippen LogP contribution in [0.3, 0.4) is 0 Å². The molecule has 3 heteroatoms. The maximum absolute atomic E-state index is 9.88. The third-order valence-corrected chi connectivity index (χ3v) is 4.78. The van der Waals surface area contributed by atoms with Crippen molar-refractivity contribution in [3.63, 3.8) is 0 Å². The van der Waals surface area contributed by atoms with Gasteiger partial charge in [-0.25, -0.2) is 0 Å². The van der Waals surface area contributed by atoms with Gasteiger partial charge in [0.25, 0.3) is 0 Å². The van der Waals surface area contributed by atoms with E-state index in [-0.39, 0.29) is 11.5 Å². The van der Waals surface area contributed by atoms with Gasteiger partial charge in [0.05, 0.1) is 12.7 Å². The molecule has 1 aliphatic heterocycles. The number of benzene rings is 1. The molecule has 1 unspecified atom stereocenters. The van der Waals surface area contributed by atoms with Crippen LogP contribution in [0.2, 0.25) is 0 Å².